The number of para-hydroxylation sites is 1. The highest BCUT2D eigenvalue weighted by Crippen LogP contribution is 2.63. The quantitative estimate of drug-likeness (QED) is 0.535. The van der Waals surface area contributed by atoms with Crippen molar-refractivity contribution in [1.82, 2.24) is 10.2 Å². The maximum Gasteiger partial charge on any atom is 0.250 e. The van der Waals surface area contributed by atoms with Crippen LogP contribution in [0.5, 0.6) is 0 Å². The van der Waals surface area contributed by atoms with Crippen molar-refractivity contribution in [3.63, 3.8) is 0 Å². The van der Waals surface area contributed by atoms with Crippen molar-refractivity contribution in [2.45, 2.75) is 56.8 Å². The second-order valence-electron chi connectivity index (χ2n) is 9.23. The van der Waals surface area contributed by atoms with Crippen LogP contribution in [0.25, 0.3) is 0 Å². The number of anilines is 1. The topological polar surface area (TPSA) is 108 Å². The number of likely N-dealkylation sites (tertiary alicyclic amines) is 1. The summed E-state index contributed by atoms with van der Waals surface area (Å²) in [6, 6.07) is 4.47. The normalized spacial score (nSPS) is 32.8. The molecular formula is C23H30ClN3O5. The third kappa shape index (κ3) is 3.31. The Kier molecular flexibility index (Phi) is 5.98. The number of carbonyl (C=O) groups excluding carboxylic acids is 3. The van der Waals surface area contributed by atoms with Crippen molar-refractivity contribution < 1.29 is 24.2 Å². The van der Waals surface area contributed by atoms with Crippen molar-refractivity contribution in [2.24, 2.45) is 11.8 Å². The highest BCUT2D eigenvalue weighted by Gasteiger charge is 2.77. The van der Waals surface area contributed by atoms with E-state index in [0.717, 1.165) is 5.56 Å². The molecule has 0 radical (unpaired) electrons. The third-order valence-corrected chi connectivity index (χ3v) is 7.65. The van der Waals surface area contributed by atoms with Crippen LogP contribution in [0, 0.1) is 18.8 Å². The number of carbonyl (C=O) groups is 3. The summed E-state index contributed by atoms with van der Waals surface area (Å²) >= 11 is 6.33. The Bertz CT molecular complexity index is 935. The van der Waals surface area contributed by atoms with E-state index in [1.165, 1.54) is 0 Å². The maximum absolute atomic E-state index is 13.7. The van der Waals surface area contributed by atoms with E-state index >= 15 is 0 Å². The Morgan fingerprint density at radius 3 is 2.69 bits per heavy atom. The molecule has 5 atom stereocenters. The lowest BCUT2D eigenvalue weighted by atomic mass is 9.66. The van der Waals surface area contributed by atoms with E-state index in [0.29, 0.717) is 42.9 Å². The zero-order chi connectivity index (χ0) is 23.3. The molecule has 3 saturated heterocycles. The van der Waals surface area contributed by atoms with Gasteiger partial charge in [0.15, 0.2) is 0 Å². The van der Waals surface area contributed by atoms with Crippen molar-refractivity contribution in [3.8, 4) is 0 Å². The van der Waals surface area contributed by atoms with E-state index in [1.54, 1.807) is 24.1 Å². The van der Waals surface area contributed by atoms with Gasteiger partial charge in [0.05, 0.1) is 28.1 Å². The summed E-state index contributed by atoms with van der Waals surface area (Å²) in [5.74, 6) is -2.24. The molecule has 0 aromatic heterocycles. The third-order valence-electron chi connectivity index (χ3n) is 7.33. The molecule has 8 nitrogen and oxygen atoms in total. The highest BCUT2D eigenvalue weighted by atomic mass is 35.5. The minimum absolute atomic E-state index is 0.00171. The zero-order valence-electron chi connectivity index (χ0n) is 18.6. The predicted octanol–water partition coefficient (Wildman–Crippen LogP) is 1.87. The standard InChI is InChI=1S/C23H30ClN3O5/c1-13-7-6-8-14(24)17(13)26-20(30)18-23-10-9-22(2,32-23)15(19(29)25-3)16(23)21(31)27(18)11-4-5-12-28/h6-8,15-16,18,28H,4-5,9-12H2,1-3H3,(H,25,29)(H,26,30)/t15-,16-,18?,22+,23?/m0/s1. The van der Waals surface area contributed by atoms with Gasteiger partial charge in [-0.25, -0.2) is 0 Å². The van der Waals surface area contributed by atoms with E-state index in [1.807, 2.05) is 19.9 Å². The highest BCUT2D eigenvalue weighted by molar-refractivity contribution is 6.34. The Morgan fingerprint density at radius 2 is 2.03 bits per heavy atom. The number of fused-ring (bicyclic) bond motifs is 1. The number of unbranched alkanes of at least 4 members (excludes halogenated alkanes) is 1. The Balaban J connectivity index is 1.73. The van der Waals surface area contributed by atoms with Crippen LogP contribution in [-0.4, -0.2) is 65.2 Å². The van der Waals surface area contributed by atoms with Crippen LogP contribution in [0.15, 0.2) is 18.2 Å². The van der Waals surface area contributed by atoms with E-state index in [2.05, 4.69) is 10.6 Å². The molecule has 1 aromatic carbocycles. The molecular weight excluding hydrogens is 434 g/mol. The Morgan fingerprint density at radius 1 is 1.28 bits per heavy atom. The van der Waals surface area contributed by atoms with Crippen molar-refractivity contribution >= 4 is 35.0 Å². The number of rotatable bonds is 7. The van der Waals surface area contributed by atoms with Gasteiger partial charge in [0.25, 0.3) is 0 Å². The van der Waals surface area contributed by atoms with Gasteiger partial charge in [-0.3, -0.25) is 14.4 Å². The van der Waals surface area contributed by atoms with Gasteiger partial charge in [-0.1, -0.05) is 23.7 Å². The molecule has 1 aromatic rings. The second kappa shape index (κ2) is 8.32. The van der Waals surface area contributed by atoms with Gasteiger partial charge in [0, 0.05) is 20.2 Å². The Labute approximate surface area is 192 Å². The fourth-order valence-electron chi connectivity index (χ4n) is 5.90. The van der Waals surface area contributed by atoms with Crippen molar-refractivity contribution in [1.29, 1.82) is 0 Å². The molecule has 3 heterocycles. The average molecular weight is 464 g/mol. The molecule has 2 unspecified atom stereocenters. The van der Waals surface area contributed by atoms with Gasteiger partial charge < -0.3 is 25.4 Å². The lowest BCUT2D eigenvalue weighted by Crippen LogP contribution is -2.53. The number of amides is 3. The number of aryl methyl sites for hydroxylation is 1. The van der Waals surface area contributed by atoms with Gasteiger partial charge >= 0.3 is 0 Å². The van der Waals surface area contributed by atoms with Gasteiger partial charge in [-0.15, -0.1) is 0 Å². The number of hydrogen-bond donors (Lipinski definition) is 3. The number of aliphatic hydroxyl groups is 1. The van der Waals surface area contributed by atoms with Crippen LogP contribution in [0.4, 0.5) is 5.69 Å². The first-order valence-corrected chi connectivity index (χ1v) is 11.5. The minimum atomic E-state index is -1.07. The minimum Gasteiger partial charge on any atom is -0.396 e. The smallest absolute Gasteiger partial charge is 0.250 e. The van der Waals surface area contributed by atoms with Gasteiger partial charge in [-0.05, 0) is 51.2 Å². The van der Waals surface area contributed by atoms with Gasteiger partial charge in [0.2, 0.25) is 17.7 Å². The number of nitrogens with zero attached hydrogens (tertiary/aromatic N) is 1. The molecule has 3 N–H and O–H groups in total. The molecule has 32 heavy (non-hydrogen) atoms. The number of ether oxygens (including phenoxy) is 1. The Hall–Kier alpha value is -2.16. The fraction of sp³-hybridized carbons (Fsp3) is 0.609. The lowest BCUT2D eigenvalue weighted by molar-refractivity contribution is -0.144. The number of hydrogen-bond acceptors (Lipinski definition) is 5. The zero-order valence-corrected chi connectivity index (χ0v) is 19.4. The molecule has 1 spiro atoms. The summed E-state index contributed by atoms with van der Waals surface area (Å²) in [6.45, 7) is 4.01. The van der Waals surface area contributed by atoms with Gasteiger partial charge in [0.1, 0.15) is 11.6 Å². The largest absolute Gasteiger partial charge is 0.396 e. The average Bonchev–Trinajstić information content (AvgIpc) is 3.31. The first-order chi connectivity index (χ1) is 15.2. The van der Waals surface area contributed by atoms with Crippen LogP contribution >= 0.6 is 11.6 Å². The molecule has 2 bridgehead atoms. The van der Waals surface area contributed by atoms with Crippen LogP contribution < -0.4 is 10.6 Å². The van der Waals surface area contributed by atoms with E-state index in [-0.39, 0.29) is 24.3 Å². The van der Waals surface area contributed by atoms with E-state index < -0.39 is 29.1 Å². The fourth-order valence-corrected chi connectivity index (χ4v) is 6.17. The maximum atomic E-state index is 13.7. The molecule has 9 heteroatoms. The molecule has 3 amide bonds. The first kappa shape index (κ1) is 23.0. The molecule has 3 aliphatic rings. The van der Waals surface area contributed by atoms with E-state index in [4.69, 9.17) is 16.3 Å². The number of nitrogens with one attached hydrogen (secondary N) is 2. The van der Waals surface area contributed by atoms with E-state index in [9.17, 15) is 19.5 Å². The first-order valence-electron chi connectivity index (χ1n) is 11.1. The molecule has 0 aliphatic carbocycles. The van der Waals surface area contributed by atoms with Crippen LogP contribution in [0.2, 0.25) is 5.02 Å². The monoisotopic (exact) mass is 463 g/mol. The SMILES string of the molecule is CNC(=O)[C@@H]1[C@H]2C(=O)N(CCCCO)C(C(=O)Nc3c(C)cccc3Cl)C23CC[C@@]1(C)O3. The summed E-state index contributed by atoms with van der Waals surface area (Å²) in [5, 5.41) is 15.2. The van der Waals surface area contributed by atoms with Crippen LogP contribution in [0.1, 0.15) is 38.2 Å². The molecule has 3 fully saturated rings. The summed E-state index contributed by atoms with van der Waals surface area (Å²) in [5.41, 5.74) is -0.552. The molecule has 0 saturated carbocycles. The second-order valence-corrected chi connectivity index (χ2v) is 9.63. The summed E-state index contributed by atoms with van der Waals surface area (Å²) < 4.78 is 6.48. The summed E-state index contributed by atoms with van der Waals surface area (Å²) in [6.07, 6.45) is 2.16. The lowest BCUT2D eigenvalue weighted by Gasteiger charge is -2.33. The number of halogens is 1. The number of aliphatic hydroxyl groups excluding tert-OH is 1. The predicted molar refractivity (Wildman–Crippen MR) is 119 cm³/mol. The van der Waals surface area contributed by atoms with Crippen molar-refractivity contribution in [2.75, 3.05) is 25.5 Å². The summed E-state index contributed by atoms with van der Waals surface area (Å²) in [7, 11) is 1.55. The van der Waals surface area contributed by atoms with Crippen LogP contribution in [0.3, 0.4) is 0 Å². The summed E-state index contributed by atoms with van der Waals surface area (Å²) in [4.78, 5) is 41.7. The number of benzene rings is 1. The molecule has 4 rings (SSSR count). The van der Waals surface area contributed by atoms with Crippen LogP contribution in [-0.2, 0) is 19.1 Å². The van der Waals surface area contributed by atoms with Crippen molar-refractivity contribution in [3.05, 3.63) is 28.8 Å². The van der Waals surface area contributed by atoms with Gasteiger partial charge in [-0.2, -0.15) is 0 Å². The molecule has 174 valence electrons. The molecule has 3 aliphatic heterocycles.